The lowest BCUT2D eigenvalue weighted by Crippen LogP contribution is -2.71. The zero-order valence-corrected chi connectivity index (χ0v) is 20.6. The van der Waals surface area contributed by atoms with E-state index in [0.717, 1.165) is 30.8 Å². The van der Waals surface area contributed by atoms with Crippen LogP contribution >= 0.6 is 23.2 Å². The molecule has 0 aromatic heterocycles. The van der Waals surface area contributed by atoms with Gasteiger partial charge in [0.25, 0.3) is 0 Å². The van der Waals surface area contributed by atoms with E-state index in [1.165, 1.54) is 18.9 Å². The van der Waals surface area contributed by atoms with Crippen LogP contribution < -0.4 is 0 Å². The molecule has 8 heteroatoms. The first kappa shape index (κ1) is 24.0. The number of ether oxygens (including phenoxy) is 1. The molecule has 3 heterocycles. The van der Waals surface area contributed by atoms with Gasteiger partial charge >= 0.3 is 0 Å². The monoisotopic (exact) mass is 505 g/mol. The van der Waals surface area contributed by atoms with Crippen molar-refractivity contribution < 1.29 is 13.9 Å². The summed E-state index contributed by atoms with van der Waals surface area (Å²) in [5.41, 5.74) is 1.81. The molecule has 0 radical (unpaired) electrons. The molecule has 3 saturated heterocycles. The molecule has 3 atom stereocenters. The first-order valence-corrected chi connectivity index (χ1v) is 12.8. The van der Waals surface area contributed by atoms with Crippen LogP contribution in [0.1, 0.15) is 24.0 Å². The van der Waals surface area contributed by atoms with Crippen LogP contribution in [0, 0.1) is 5.82 Å². The van der Waals surface area contributed by atoms with Gasteiger partial charge in [-0.15, -0.1) is 0 Å². The van der Waals surface area contributed by atoms with E-state index in [9.17, 15) is 9.18 Å². The summed E-state index contributed by atoms with van der Waals surface area (Å²) >= 11 is 12.3. The van der Waals surface area contributed by atoms with Crippen LogP contribution in [0.4, 0.5) is 4.39 Å². The van der Waals surface area contributed by atoms with Gasteiger partial charge < -0.3 is 9.64 Å². The number of halogens is 3. The molecular formula is C26H30Cl2FN3O2. The maximum absolute atomic E-state index is 13.8. The lowest BCUT2D eigenvalue weighted by Gasteiger charge is -2.54. The SMILES string of the molecule is O=C(Cc1ccc(Cl)c(Cl)c1)N1CCN(Cc2cccc(F)c2)[C@@H]2COCC(N3CCCC3)[C@H]21. The highest BCUT2D eigenvalue weighted by molar-refractivity contribution is 6.42. The van der Waals surface area contributed by atoms with Crippen molar-refractivity contribution in [3.8, 4) is 0 Å². The van der Waals surface area contributed by atoms with Gasteiger partial charge in [0, 0.05) is 19.6 Å². The minimum atomic E-state index is -0.223. The van der Waals surface area contributed by atoms with E-state index >= 15 is 0 Å². The normalized spacial score (nSPS) is 26.0. The lowest BCUT2D eigenvalue weighted by molar-refractivity contribution is -0.153. The van der Waals surface area contributed by atoms with Crippen molar-refractivity contribution in [1.29, 1.82) is 0 Å². The maximum atomic E-state index is 13.8. The van der Waals surface area contributed by atoms with Crippen LogP contribution in [0.3, 0.4) is 0 Å². The van der Waals surface area contributed by atoms with E-state index in [0.29, 0.717) is 36.3 Å². The quantitative estimate of drug-likeness (QED) is 0.608. The Morgan fingerprint density at radius 2 is 1.74 bits per heavy atom. The molecule has 3 aliphatic rings. The zero-order chi connectivity index (χ0) is 23.7. The number of nitrogens with zero attached hydrogens (tertiary/aromatic N) is 3. The van der Waals surface area contributed by atoms with Crippen molar-refractivity contribution >= 4 is 29.1 Å². The zero-order valence-electron chi connectivity index (χ0n) is 19.1. The van der Waals surface area contributed by atoms with Gasteiger partial charge in [0.15, 0.2) is 0 Å². The Hall–Kier alpha value is -1.70. The van der Waals surface area contributed by atoms with E-state index in [4.69, 9.17) is 27.9 Å². The number of carbonyl (C=O) groups excluding carboxylic acids is 1. The smallest absolute Gasteiger partial charge is 0.227 e. The van der Waals surface area contributed by atoms with Gasteiger partial charge in [-0.25, -0.2) is 4.39 Å². The van der Waals surface area contributed by atoms with Crippen molar-refractivity contribution in [3.63, 3.8) is 0 Å². The molecule has 1 unspecified atom stereocenters. The summed E-state index contributed by atoms with van der Waals surface area (Å²) in [6.45, 7) is 5.28. The minimum absolute atomic E-state index is 0.0319. The molecule has 3 aliphatic heterocycles. The second-order valence-corrected chi connectivity index (χ2v) is 10.3. The number of hydrogen-bond donors (Lipinski definition) is 0. The summed E-state index contributed by atoms with van der Waals surface area (Å²) in [5.74, 6) is -0.121. The maximum Gasteiger partial charge on any atom is 0.227 e. The van der Waals surface area contributed by atoms with Gasteiger partial charge in [0.05, 0.1) is 47.8 Å². The number of fused-ring (bicyclic) bond motifs is 1. The second-order valence-electron chi connectivity index (χ2n) is 9.52. The number of amides is 1. The van der Waals surface area contributed by atoms with Crippen LogP contribution in [0.2, 0.25) is 10.0 Å². The van der Waals surface area contributed by atoms with Crippen molar-refractivity contribution in [1.82, 2.24) is 14.7 Å². The van der Waals surface area contributed by atoms with Crippen LogP contribution in [-0.2, 0) is 22.5 Å². The van der Waals surface area contributed by atoms with Gasteiger partial charge in [0.2, 0.25) is 5.91 Å². The number of carbonyl (C=O) groups is 1. The van der Waals surface area contributed by atoms with Crippen molar-refractivity contribution in [2.75, 3.05) is 39.4 Å². The van der Waals surface area contributed by atoms with Crippen LogP contribution in [0.5, 0.6) is 0 Å². The van der Waals surface area contributed by atoms with Crippen molar-refractivity contribution in [2.45, 2.75) is 43.9 Å². The molecule has 2 aromatic carbocycles. The molecule has 3 fully saturated rings. The predicted octanol–water partition coefficient (Wildman–Crippen LogP) is 4.25. The number of likely N-dealkylation sites (tertiary alicyclic amines) is 1. The fourth-order valence-corrected chi connectivity index (χ4v) is 6.05. The summed E-state index contributed by atoms with van der Waals surface area (Å²) in [5, 5.41) is 0.952. The molecule has 0 aliphatic carbocycles. The highest BCUT2D eigenvalue weighted by atomic mass is 35.5. The Kier molecular flexibility index (Phi) is 7.42. The molecule has 0 spiro atoms. The number of hydrogen-bond acceptors (Lipinski definition) is 4. The Morgan fingerprint density at radius 3 is 2.50 bits per heavy atom. The van der Waals surface area contributed by atoms with E-state index in [1.54, 1.807) is 24.3 Å². The molecule has 2 aromatic rings. The van der Waals surface area contributed by atoms with Gasteiger partial charge in [-0.1, -0.05) is 41.4 Å². The lowest BCUT2D eigenvalue weighted by atomic mass is 9.90. The molecule has 5 nitrogen and oxygen atoms in total. The summed E-state index contributed by atoms with van der Waals surface area (Å²) in [4.78, 5) is 20.5. The van der Waals surface area contributed by atoms with E-state index in [1.807, 2.05) is 12.1 Å². The summed E-state index contributed by atoms with van der Waals surface area (Å²) in [6, 6.07) is 12.4. The Morgan fingerprint density at radius 1 is 0.941 bits per heavy atom. The third-order valence-electron chi connectivity index (χ3n) is 7.37. The third-order valence-corrected chi connectivity index (χ3v) is 8.11. The largest absolute Gasteiger partial charge is 0.378 e. The van der Waals surface area contributed by atoms with Gasteiger partial charge in [-0.2, -0.15) is 0 Å². The highest BCUT2D eigenvalue weighted by Gasteiger charge is 2.47. The molecular weight excluding hydrogens is 476 g/mol. The highest BCUT2D eigenvalue weighted by Crippen LogP contribution is 2.31. The summed E-state index contributed by atoms with van der Waals surface area (Å²) < 4.78 is 19.9. The van der Waals surface area contributed by atoms with E-state index in [2.05, 4.69) is 14.7 Å². The van der Waals surface area contributed by atoms with Crippen LogP contribution in [0.15, 0.2) is 42.5 Å². The van der Waals surface area contributed by atoms with Crippen molar-refractivity contribution in [3.05, 3.63) is 69.5 Å². The van der Waals surface area contributed by atoms with Crippen LogP contribution in [0.25, 0.3) is 0 Å². The summed E-state index contributed by atoms with van der Waals surface area (Å²) in [6.07, 6.45) is 2.65. The molecule has 0 bridgehead atoms. The van der Waals surface area contributed by atoms with Gasteiger partial charge in [-0.3, -0.25) is 14.6 Å². The number of rotatable bonds is 5. The van der Waals surface area contributed by atoms with Crippen LogP contribution in [-0.4, -0.2) is 78.1 Å². The molecule has 5 rings (SSSR count). The first-order valence-electron chi connectivity index (χ1n) is 12.0. The topological polar surface area (TPSA) is 36.0 Å². The minimum Gasteiger partial charge on any atom is -0.378 e. The van der Waals surface area contributed by atoms with Gasteiger partial charge in [-0.05, 0) is 61.3 Å². The fraction of sp³-hybridized carbons (Fsp3) is 0.500. The van der Waals surface area contributed by atoms with Gasteiger partial charge in [0.1, 0.15) is 5.82 Å². The molecule has 0 saturated carbocycles. The second kappa shape index (κ2) is 10.5. The Bertz CT molecular complexity index is 1030. The Balaban J connectivity index is 1.39. The standard InChI is InChI=1S/C26H30Cl2FN3O2/c27-21-7-6-18(13-22(21)28)14-25(33)32-11-10-31(15-19-4-3-5-20(29)12-19)24-17-34-16-23(26(24)32)30-8-1-2-9-30/h3-7,12-13,23-24,26H,1-2,8-11,14-17H2/t23?,24-,26-/m1/s1. The first-order chi connectivity index (χ1) is 16.5. The Labute approximate surface area is 210 Å². The molecule has 0 N–H and O–H groups in total. The predicted molar refractivity (Wildman–Crippen MR) is 132 cm³/mol. The van der Waals surface area contributed by atoms with Crippen molar-refractivity contribution in [2.24, 2.45) is 0 Å². The summed E-state index contributed by atoms with van der Waals surface area (Å²) in [7, 11) is 0. The number of benzene rings is 2. The van der Waals surface area contributed by atoms with E-state index < -0.39 is 0 Å². The third kappa shape index (κ3) is 5.12. The average molecular weight is 506 g/mol. The number of piperazine rings is 1. The molecule has 34 heavy (non-hydrogen) atoms. The molecule has 1 amide bonds. The van der Waals surface area contributed by atoms with E-state index in [-0.39, 0.29) is 36.3 Å². The fourth-order valence-electron chi connectivity index (χ4n) is 5.73. The molecule has 182 valence electrons. The average Bonchev–Trinajstić information content (AvgIpc) is 3.36.